The summed E-state index contributed by atoms with van der Waals surface area (Å²) in [5.74, 6) is 0.176. The Labute approximate surface area is 129 Å². The normalized spacial score (nSPS) is 21.7. The van der Waals surface area contributed by atoms with Gasteiger partial charge in [0.05, 0.1) is 5.54 Å². The Morgan fingerprint density at radius 2 is 1.90 bits per heavy atom. The molecular weight excluding hydrogens is 316 g/mol. The summed E-state index contributed by atoms with van der Waals surface area (Å²) >= 11 is 3.48. The Hall–Kier alpha value is -0.870. The largest absolute Gasteiger partial charge is 0.309 e. The molecule has 0 radical (unpaired) electrons. The molecule has 2 rings (SSSR count). The standard InChI is InChI=1S/C16H23BrN2O/c1-11-8-12(17)6-7-13(11)19-14(20)9-15(2,3)18-10-16(19,4)5/h6-8,18H,9-10H2,1-5H3. The van der Waals surface area contributed by atoms with Gasteiger partial charge in [0.1, 0.15) is 0 Å². The molecule has 1 aromatic carbocycles. The van der Waals surface area contributed by atoms with E-state index in [9.17, 15) is 4.79 Å². The van der Waals surface area contributed by atoms with E-state index in [1.165, 1.54) is 0 Å². The predicted octanol–water partition coefficient (Wildman–Crippen LogP) is 3.64. The van der Waals surface area contributed by atoms with Gasteiger partial charge < -0.3 is 10.2 Å². The quantitative estimate of drug-likeness (QED) is 0.847. The highest BCUT2D eigenvalue weighted by molar-refractivity contribution is 9.10. The second kappa shape index (κ2) is 5.15. The monoisotopic (exact) mass is 338 g/mol. The van der Waals surface area contributed by atoms with E-state index in [2.05, 4.69) is 55.0 Å². The molecule has 0 aliphatic carbocycles. The Morgan fingerprint density at radius 1 is 1.25 bits per heavy atom. The Kier molecular flexibility index (Phi) is 4.00. The third-order valence-corrected chi connectivity index (χ3v) is 4.34. The van der Waals surface area contributed by atoms with Crippen molar-refractivity contribution in [3.8, 4) is 0 Å². The lowest BCUT2D eigenvalue weighted by Crippen LogP contribution is -2.51. The van der Waals surface area contributed by atoms with Crippen LogP contribution < -0.4 is 10.2 Å². The van der Waals surface area contributed by atoms with Gasteiger partial charge in [0.2, 0.25) is 5.91 Å². The second-order valence-electron chi connectivity index (χ2n) is 6.89. The van der Waals surface area contributed by atoms with Gasteiger partial charge in [-0.2, -0.15) is 0 Å². The lowest BCUT2D eigenvalue weighted by Gasteiger charge is -2.38. The molecular formula is C16H23BrN2O. The topological polar surface area (TPSA) is 32.3 Å². The van der Waals surface area contributed by atoms with Crippen LogP contribution in [0, 0.1) is 6.92 Å². The molecule has 20 heavy (non-hydrogen) atoms. The number of carbonyl (C=O) groups is 1. The molecule has 0 atom stereocenters. The molecule has 1 amide bonds. The first-order valence-corrected chi connectivity index (χ1v) is 7.76. The molecule has 4 heteroatoms. The minimum Gasteiger partial charge on any atom is -0.309 e. The van der Waals surface area contributed by atoms with E-state index in [0.29, 0.717) is 6.42 Å². The fraction of sp³-hybridized carbons (Fsp3) is 0.562. The number of aryl methyl sites for hydroxylation is 1. The predicted molar refractivity (Wildman–Crippen MR) is 87.1 cm³/mol. The van der Waals surface area contributed by atoms with Gasteiger partial charge >= 0.3 is 0 Å². The molecule has 0 bridgehead atoms. The van der Waals surface area contributed by atoms with Crippen LogP contribution in [0.3, 0.4) is 0 Å². The van der Waals surface area contributed by atoms with Gasteiger partial charge in [0, 0.05) is 28.7 Å². The molecule has 1 heterocycles. The van der Waals surface area contributed by atoms with Gasteiger partial charge in [-0.1, -0.05) is 15.9 Å². The minimum absolute atomic E-state index is 0.160. The molecule has 0 saturated carbocycles. The van der Waals surface area contributed by atoms with Crippen LogP contribution in [0.4, 0.5) is 5.69 Å². The summed E-state index contributed by atoms with van der Waals surface area (Å²) in [4.78, 5) is 14.7. The first-order valence-electron chi connectivity index (χ1n) is 6.97. The van der Waals surface area contributed by atoms with Crippen LogP contribution in [0.2, 0.25) is 0 Å². The van der Waals surface area contributed by atoms with E-state index < -0.39 is 0 Å². The van der Waals surface area contributed by atoms with E-state index in [1.807, 2.05) is 24.0 Å². The van der Waals surface area contributed by atoms with Crippen LogP contribution in [0.1, 0.15) is 39.7 Å². The van der Waals surface area contributed by atoms with Gasteiger partial charge in [-0.25, -0.2) is 0 Å². The van der Waals surface area contributed by atoms with Gasteiger partial charge in [-0.3, -0.25) is 4.79 Å². The first-order chi connectivity index (χ1) is 9.12. The zero-order chi connectivity index (χ0) is 15.1. The van der Waals surface area contributed by atoms with Crippen molar-refractivity contribution >= 4 is 27.5 Å². The van der Waals surface area contributed by atoms with Crippen LogP contribution in [-0.4, -0.2) is 23.5 Å². The molecule has 1 N–H and O–H groups in total. The average Bonchev–Trinajstić information content (AvgIpc) is 2.36. The molecule has 3 nitrogen and oxygen atoms in total. The van der Waals surface area contributed by atoms with Gasteiger partial charge in [0.15, 0.2) is 0 Å². The molecule has 1 saturated heterocycles. The number of amides is 1. The van der Waals surface area contributed by atoms with Gasteiger partial charge in [0.25, 0.3) is 0 Å². The van der Waals surface area contributed by atoms with Crippen molar-refractivity contribution < 1.29 is 4.79 Å². The van der Waals surface area contributed by atoms with Crippen molar-refractivity contribution in [2.24, 2.45) is 0 Å². The zero-order valence-electron chi connectivity index (χ0n) is 12.9. The molecule has 1 fully saturated rings. The van der Waals surface area contributed by atoms with Gasteiger partial charge in [-0.15, -0.1) is 0 Å². The maximum Gasteiger partial charge on any atom is 0.229 e. The number of nitrogens with zero attached hydrogens (tertiary/aromatic N) is 1. The van der Waals surface area contributed by atoms with Crippen molar-refractivity contribution in [3.63, 3.8) is 0 Å². The summed E-state index contributed by atoms with van der Waals surface area (Å²) in [5.41, 5.74) is 1.71. The van der Waals surface area contributed by atoms with Gasteiger partial charge in [-0.05, 0) is 58.4 Å². The van der Waals surface area contributed by atoms with Crippen LogP contribution in [0.5, 0.6) is 0 Å². The maximum atomic E-state index is 12.8. The fourth-order valence-corrected chi connectivity index (χ4v) is 3.20. The number of anilines is 1. The number of rotatable bonds is 1. The summed E-state index contributed by atoms with van der Waals surface area (Å²) in [7, 11) is 0. The summed E-state index contributed by atoms with van der Waals surface area (Å²) in [6.45, 7) is 11.2. The number of hydrogen-bond donors (Lipinski definition) is 1. The fourth-order valence-electron chi connectivity index (χ4n) is 2.72. The number of carbonyl (C=O) groups excluding carboxylic acids is 1. The van der Waals surface area contributed by atoms with Crippen molar-refractivity contribution in [2.75, 3.05) is 11.4 Å². The Morgan fingerprint density at radius 3 is 2.50 bits per heavy atom. The third kappa shape index (κ3) is 3.07. The van der Waals surface area contributed by atoms with E-state index in [1.54, 1.807) is 0 Å². The molecule has 0 aromatic heterocycles. The summed E-state index contributed by atoms with van der Waals surface area (Å²) in [6.07, 6.45) is 0.506. The smallest absolute Gasteiger partial charge is 0.229 e. The molecule has 1 aliphatic rings. The Bertz CT molecular complexity index is 537. The Balaban J connectivity index is 2.48. The second-order valence-corrected chi connectivity index (χ2v) is 7.80. The summed E-state index contributed by atoms with van der Waals surface area (Å²) < 4.78 is 1.04. The maximum absolute atomic E-state index is 12.8. The van der Waals surface area contributed by atoms with E-state index in [0.717, 1.165) is 22.3 Å². The lowest BCUT2D eigenvalue weighted by molar-refractivity contribution is -0.120. The minimum atomic E-state index is -0.247. The molecule has 1 aromatic rings. The van der Waals surface area contributed by atoms with E-state index >= 15 is 0 Å². The highest BCUT2D eigenvalue weighted by Gasteiger charge is 2.39. The molecule has 0 spiro atoms. The van der Waals surface area contributed by atoms with Crippen LogP contribution in [-0.2, 0) is 4.79 Å². The number of nitrogens with one attached hydrogen (secondary N) is 1. The third-order valence-electron chi connectivity index (χ3n) is 3.85. The molecule has 1 aliphatic heterocycles. The SMILES string of the molecule is Cc1cc(Br)ccc1N1C(=O)CC(C)(C)NCC1(C)C. The van der Waals surface area contributed by atoms with Crippen molar-refractivity contribution in [2.45, 2.75) is 52.1 Å². The molecule has 110 valence electrons. The van der Waals surface area contributed by atoms with E-state index in [4.69, 9.17) is 0 Å². The number of hydrogen-bond acceptors (Lipinski definition) is 2. The van der Waals surface area contributed by atoms with Crippen molar-refractivity contribution in [3.05, 3.63) is 28.2 Å². The zero-order valence-corrected chi connectivity index (χ0v) is 14.5. The van der Waals surface area contributed by atoms with Crippen LogP contribution in [0.15, 0.2) is 22.7 Å². The van der Waals surface area contributed by atoms with Crippen LogP contribution >= 0.6 is 15.9 Å². The number of halogens is 1. The van der Waals surface area contributed by atoms with Crippen molar-refractivity contribution in [1.82, 2.24) is 5.32 Å². The summed E-state index contributed by atoms with van der Waals surface area (Å²) in [6, 6.07) is 6.08. The molecule has 0 unspecified atom stereocenters. The first kappa shape index (κ1) is 15.5. The van der Waals surface area contributed by atoms with E-state index in [-0.39, 0.29) is 17.0 Å². The average molecular weight is 339 g/mol. The summed E-state index contributed by atoms with van der Waals surface area (Å²) in [5, 5.41) is 3.50. The highest BCUT2D eigenvalue weighted by Crippen LogP contribution is 2.33. The number of benzene rings is 1. The lowest BCUT2D eigenvalue weighted by atomic mass is 10.00. The van der Waals surface area contributed by atoms with Crippen molar-refractivity contribution in [1.29, 1.82) is 0 Å². The highest BCUT2D eigenvalue weighted by atomic mass is 79.9. The van der Waals surface area contributed by atoms with Crippen LogP contribution in [0.25, 0.3) is 0 Å².